The molecule has 0 aromatic heterocycles. The highest BCUT2D eigenvalue weighted by Crippen LogP contribution is 2.62. The smallest absolute Gasteiger partial charge is 0.00142 e. The minimum atomic E-state index is 0. The van der Waals surface area contributed by atoms with Crippen LogP contribution in [0.4, 0.5) is 0 Å². The van der Waals surface area contributed by atoms with Gasteiger partial charge in [-0.2, -0.15) is 0 Å². The largest absolute Gasteiger partial charge is 0.330 e. The monoisotopic (exact) mass is 1220 g/mol. The second-order valence-electron chi connectivity index (χ2n) is 40.0. The molecule has 10 aliphatic rings. The van der Waals surface area contributed by atoms with E-state index in [9.17, 15) is 0 Å². The maximum atomic E-state index is 5.31. The van der Waals surface area contributed by atoms with Gasteiger partial charge < -0.3 is 36.8 Å². The molecule has 0 bridgehead atoms. The summed E-state index contributed by atoms with van der Waals surface area (Å²) in [5.41, 5.74) is 11.1. The fraction of sp³-hybridized carbons (Fsp3) is 1.00. The van der Waals surface area contributed by atoms with Crippen LogP contribution in [0, 0.1) is 107 Å². The van der Waals surface area contributed by atoms with Crippen molar-refractivity contribution >= 4 is 0 Å². The Morgan fingerprint density at radius 3 is 1.14 bits per heavy atom. The molecule has 6 saturated heterocycles. The standard InChI is InChI=1S/2C12H23N.C11H23N.C10H21N.C10H20.C9H17N.C9H19N.C6H15N.CH4/c1-11(2,3)10-8-12(9-10)4-6-13-7-5-12;1-11(2,3)8-10-9-12(10)4-6-13-7-5-12;1-11(2,3)9-10-5-7-12(4)8-6-10;1-10(2,3)9-5-7-11(4)8-6-9;1-10(2,3)9-7-5-4-6-8-9;1-9(2,3)8-6-4-10-5-7(6)8;1-9(2,3)8-5-4-6-10-7-8;1-6(2,3)4-5-7;/h2*10,13H,4-9H2,1-3H3;10H,5-9H2,1-4H3;9H,5-8H2,1-4H3;9H,4-8H2,1-3H3;6-8,10H,4-5H2,1-3H3;8,10H,4-7H2,1-3H3;4-5,7H2,1-3H3;1H4. The lowest BCUT2D eigenvalue weighted by Gasteiger charge is -2.55. The van der Waals surface area contributed by atoms with Gasteiger partial charge in [0.05, 0.1) is 0 Å². The molecule has 0 aromatic carbocycles. The van der Waals surface area contributed by atoms with E-state index in [0.29, 0.717) is 43.3 Å². The van der Waals surface area contributed by atoms with Gasteiger partial charge >= 0.3 is 0 Å². The first-order chi connectivity index (χ1) is 39.4. The molecule has 4 saturated carbocycles. The van der Waals surface area contributed by atoms with Crippen LogP contribution in [0.25, 0.3) is 0 Å². The summed E-state index contributed by atoms with van der Waals surface area (Å²) >= 11 is 0. The van der Waals surface area contributed by atoms with Crippen molar-refractivity contribution in [2.75, 3.05) is 99.2 Å². The minimum Gasteiger partial charge on any atom is -0.330 e. The first-order valence-corrected chi connectivity index (χ1v) is 37.3. The van der Waals surface area contributed by atoms with Crippen molar-refractivity contribution in [2.45, 2.75) is 308 Å². The molecule has 6 heterocycles. The maximum Gasteiger partial charge on any atom is -0.00142 e. The highest BCUT2D eigenvalue weighted by atomic mass is 15.1. The van der Waals surface area contributed by atoms with Gasteiger partial charge in [0.2, 0.25) is 0 Å². The average molecular weight is 1230 g/mol. The van der Waals surface area contributed by atoms with Gasteiger partial charge in [-0.1, -0.05) is 193 Å². The summed E-state index contributed by atoms with van der Waals surface area (Å²) in [5, 5.41) is 13.8. The van der Waals surface area contributed by atoms with E-state index in [2.05, 4.69) is 211 Å². The Hall–Kier alpha value is -0.280. The number of fused-ring (bicyclic) bond motifs is 1. The lowest BCUT2D eigenvalue weighted by Crippen LogP contribution is -2.48. The van der Waals surface area contributed by atoms with Gasteiger partial charge in [0.1, 0.15) is 0 Å². The van der Waals surface area contributed by atoms with Crippen LogP contribution in [0.2, 0.25) is 0 Å². The van der Waals surface area contributed by atoms with Crippen molar-refractivity contribution in [1.82, 2.24) is 31.1 Å². The molecule has 6 N–H and O–H groups in total. The van der Waals surface area contributed by atoms with E-state index in [4.69, 9.17) is 5.73 Å². The van der Waals surface area contributed by atoms with Gasteiger partial charge in [-0.25, -0.2) is 0 Å². The van der Waals surface area contributed by atoms with E-state index < -0.39 is 0 Å². The van der Waals surface area contributed by atoms with Gasteiger partial charge in [-0.15, -0.1) is 0 Å². The minimum absolute atomic E-state index is 0. The van der Waals surface area contributed by atoms with E-state index in [1.54, 1.807) is 0 Å². The van der Waals surface area contributed by atoms with Crippen LogP contribution in [0.5, 0.6) is 0 Å². The Bertz CT molecular complexity index is 1680. The van der Waals surface area contributed by atoms with Crippen LogP contribution in [0.3, 0.4) is 0 Å². The normalized spacial score (nSPS) is 27.4. The van der Waals surface area contributed by atoms with Crippen LogP contribution in [0.1, 0.15) is 308 Å². The second kappa shape index (κ2) is 36.0. The van der Waals surface area contributed by atoms with E-state index in [1.165, 1.54) is 207 Å². The van der Waals surface area contributed by atoms with Crippen LogP contribution in [-0.4, -0.2) is 109 Å². The summed E-state index contributed by atoms with van der Waals surface area (Å²) in [6.45, 7) is 72.4. The third-order valence-electron chi connectivity index (χ3n) is 23.1. The van der Waals surface area contributed by atoms with Gasteiger partial charge in [0.25, 0.3) is 0 Å². The van der Waals surface area contributed by atoms with Gasteiger partial charge in [0.15, 0.2) is 0 Å². The molecule has 4 aliphatic carbocycles. The molecule has 0 radical (unpaired) electrons. The number of nitrogens with one attached hydrogen (secondary N) is 4. The van der Waals surface area contributed by atoms with E-state index in [0.717, 1.165) is 77.1 Å². The van der Waals surface area contributed by atoms with Crippen LogP contribution in [-0.2, 0) is 0 Å². The SMILES string of the molecule is C.CC(C)(C)C1C2CNCC21.CC(C)(C)C1CC2(CCNCC2)C1.CC(C)(C)C1CCCCC1.CC(C)(C)C1CCCNC1.CC(C)(C)CC1CC12CCNCC2.CC(C)(C)CCN.CN1CCC(C(C)(C)C)CC1.CN1CCC(CC(C)(C)C)CC1. The number of likely N-dealkylation sites (tertiary alicyclic amines) is 2. The number of nitrogens with zero attached hydrogens (tertiary/aromatic N) is 2. The van der Waals surface area contributed by atoms with Crippen molar-refractivity contribution < 1.29 is 0 Å². The molecular formula is C80H165N7. The number of hydrogen-bond acceptors (Lipinski definition) is 7. The first kappa shape index (κ1) is 82.8. The van der Waals surface area contributed by atoms with Crippen LogP contribution < -0.4 is 27.0 Å². The van der Waals surface area contributed by atoms with Crippen molar-refractivity contribution in [2.24, 2.45) is 113 Å². The zero-order chi connectivity index (χ0) is 65.2. The van der Waals surface area contributed by atoms with Gasteiger partial charge in [0, 0.05) is 0 Å². The molecule has 2 spiro atoms. The Balaban J connectivity index is 0.000000340. The van der Waals surface area contributed by atoms with Gasteiger partial charge in [-0.05, 0) is 322 Å². The van der Waals surface area contributed by atoms with Crippen molar-refractivity contribution in [1.29, 1.82) is 0 Å². The lowest BCUT2D eigenvalue weighted by atomic mass is 9.52. The lowest BCUT2D eigenvalue weighted by molar-refractivity contribution is -0.0346. The van der Waals surface area contributed by atoms with Crippen LogP contribution in [0.15, 0.2) is 0 Å². The molecule has 10 fully saturated rings. The predicted molar refractivity (Wildman–Crippen MR) is 391 cm³/mol. The highest BCUT2D eigenvalue weighted by Gasteiger charge is 2.57. The Kier molecular flexibility index (Phi) is 34.3. The second-order valence-corrected chi connectivity index (χ2v) is 40.0. The zero-order valence-electron chi connectivity index (χ0n) is 63.7. The van der Waals surface area contributed by atoms with E-state index in [-0.39, 0.29) is 7.43 Å². The Morgan fingerprint density at radius 1 is 0.391 bits per heavy atom. The molecule has 4 unspecified atom stereocenters. The number of rotatable bonds is 3. The number of piperidine rings is 6. The molecule has 6 aliphatic heterocycles. The average Bonchev–Trinajstić information content (AvgIpc) is 1.71. The summed E-state index contributed by atoms with van der Waals surface area (Å²) in [6, 6.07) is 0. The number of nitrogens with two attached hydrogens (primary N) is 1. The molecule has 7 heteroatoms. The maximum absolute atomic E-state index is 5.31. The molecule has 10 rings (SSSR count). The van der Waals surface area contributed by atoms with Crippen molar-refractivity contribution in [3.05, 3.63) is 0 Å². The topological polar surface area (TPSA) is 80.6 Å². The summed E-state index contributed by atoms with van der Waals surface area (Å²) in [7, 11) is 4.45. The Labute approximate surface area is 549 Å². The van der Waals surface area contributed by atoms with Crippen molar-refractivity contribution in [3.8, 4) is 0 Å². The molecule has 0 amide bonds. The first-order valence-electron chi connectivity index (χ1n) is 37.3. The summed E-state index contributed by atoms with van der Waals surface area (Å²) < 4.78 is 0. The summed E-state index contributed by atoms with van der Waals surface area (Å²) in [5.74, 6) is 8.94. The molecule has 0 aromatic rings. The highest BCUT2D eigenvalue weighted by molar-refractivity contribution is 5.08. The molecule has 4 atom stereocenters. The number of hydrogen-bond donors (Lipinski definition) is 5. The zero-order valence-corrected chi connectivity index (χ0v) is 63.7. The van der Waals surface area contributed by atoms with E-state index in [1.807, 2.05) is 0 Å². The summed E-state index contributed by atoms with van der Waals surface area (Å²) in [4.78, 5) is 4.88. The molecule has 87 heavy (non-hydrogen) atoms. The van der Waals surface area contributed by atoms with E-state index >= 15 is 0 Å². The molecule has 520 valence electrons. The fourth-order valence-electron chi connectivity index (χ4n) is 16.7. The third-order valence-corrected chi connectivity index (χ3v) is 23.1. The predicted octanol–water partition coefficient (Wildman–Crippen LogP) is 19.9. The Morgan fingerprint density at radius 2 is 0.805 bits per heavy atom. The molecular weight excluding hydrogens is 1060 g/mol. The van der Waals surface area contributed by atoms with Crippen LogP contribution >= 0.6 is 0 Å². The molecule has 7 nitrogen and oxygen atoms in total. The van der Waals surface area contributed by atoms with Crippen molar-refractivity contribution in [3.63, 3.8) is 0 Å². The quantitative estimate of drug-likeness (QED) is 0.193. The fourth-order valence-corrected chi connectivity index (χ4v) is 16.7. The third kappa shape index (κ3) is 33.1. The van der Waals surface area contributed by atoms with Gasteiger partial charge in [-0.3, -0.25) is 0 Å². The summed E-state index contributed by atoms with van der Waals surface area (Å²) in [6.07, 6.45) is 30.0.